The predicted molar refractivity (Wildman–Crippen MR) is 43.8 cm³/mol. The Hall–Kier alpha value is -0.400. The number of halogens is 1. The smallest absolute Gasteiger partial charge is 0.159 e. The molecule has 1 heterocycles. The molecule has 10 heavy (non-hydrogen) atoms. The minimum atomic E-state index is -0.0949. The normalized spacial score (nSPS) is 12.5. The van der Waals surface area contributed by atoms with Crippen molar-refractivity contribution in [3.63, 3.8) is 0 Å². The minimum Gasteiger partial charge on any atom is -0.233 e. The van der Waals surface area contributed by atoms with Gasteiger partial charge in [0.1, 0.15) is 0 Å². The van der Waals surface area contributed by atoms with Crippen LogP contribution in [0.15, 0.2) is 9.30 Å². The average Bonchev–Trinajstić information content (AvgIpc) is 2.34. The summed E-state index contributed by atoms with van der Waals surface area (Å²) in [6, 6.07) is 2.12. The third kappa shape index (κ3) is 1.55. The summed E-state index contributed by atoms with van der Waals surface area (Å²) < 4.78 is 0.838. The molecule has 0 saturated carbocycles. The van der Waals surface area contributed by atoms with Crippen molar-refractivity contribution in [2.75, 3.05) is 0 Å². The molecule has 0 bridgehead atoms. The van der Waals surface area contributed by atoms with Crippen LogP contribution in [0.5, 0.6) is 0 Å². The first-order valence-electron chi connectivity index (χ1n) is 2.74. The molecule has 52 valence electrons. The van der Waals surface area contributed by atoms with Crippen LogP contribution in [-0.4, -0.2) is 4.98 Å². The van der Waals surface area contributed by atoms with Crippen molar-refractivity contribution in [1.29, 1.82) is 5.26 Å². The van der Waals surface area contributed by atoms with Crippen LogP contribution in [0.25, 0.3) is 0 Å². The average molecular weight is 217 g/mol. The SMILES string of the molecule is CC(C#N)c1csc(Br)n1. The van der Waals surface area contributed by atoms with E-state index < -0.39 is 0 Å². The van der Waals surface area contributed by atoms with E-state index in [4.69, 9.17) is 5.26 Å². The highest BCUT2D eigenvalue weighted by Crippen LogP contribution is 2.21. The van der Waals surface area contributed by atoms with E-state index >= 15 is 0 Å². The maximum absolute atomic E-state index is 8.50. The molecular formula is C6H5BrN2S. The van der Waals surface area contributed by atoms with Crippen LogP contribution in [0.4, 0.5) is 0 Å². The molecule has 0 radical (unpaired) electrons. The quantitative estimate of drug-likeness (QED) is 0.724. The highest BCUT2D eigenvalue weighted by atomic mass is 79.9. The Labute approximate surface area is 71.6 Å². The number of hydrogen-bond donors (Lipinski definition) is 0. The maximum Gasteiger partial charge on any atom is 0.159 e. The van der Waals surface area contributed by atoms with Crippen molar-refractivity contribution < 1.29 is 0 Å². The highest BCUT2D eigenvalue weighted by molar-refractivity contribution is 9.11. The standard InChI is InChI=1S/C6H5BrN2S/c1-4(2-8)5-3-10-6(7)9-5/h3-4H,1H3. The van der Waals surface area contributed by atoms with Crippen LogP contribution in [0, 0.1) is 11.3 Å². The second-order valence-corrected chi connectivity index (χ2v) is 4.01. The summed E-state index contributed by atoms with van der Waals surface area (Å²) in [5.74, 6) is -0.0949. The lowest BCUT2D eigenvalue weighted by atomic mass is 10.1. The zero-order chi connectivity index (χ0) is 7.56. The van der Waals surface area contributed by atoms with Gasteiger partial charge >= 0.3 is 0 Å². The largest absolute Gasteiger partial charge is 0.233 e. The van der Waals surface area contributed by atoms with E-state index in [0.717, 1.165) is 9.61 Å². The molecular weight excluding hydrogens is 212 g/mol. The maximum atomic E-state index is 8.50. The molecule has 1 atom stereocenters. The lowest BCUT2D eigenvalue weighted by Crippen LogP contribution is -1.87. The number of rotatable bonds is 1. The minimum absolute atomic E-state index is 0.0949. The zero-order valence-electron chi connectivity index (χ0n) is 5.34. The monoisotopic (exact) mass is 216 g/mol. The summed E-state index contributed by atoms with van der Waals surface area (Å²) in [6.45, 7) is 1.83. The third-order valence-electron chi connectivity index (χ3n) is 1.13. The summed E-state index contributed by atoms with van der Waals surface area (Å²) in [5, 5.41) is 10.4. The molecule has 1 unspecified atom stereocenters. The topological polar surface area (TPSA) is 36.7 Å². The van der Waals surface area contributed by atoms with Gasteiger partial charge in [-0.25, -0.2) is 4.98 Å². The molecule has 0 aromatic carbocycles. The van der Waals surface area contributed by atoms with Crippen molar-refractivity contribution in [3.05, 3.63) is 15.0 Å². The van der Waals surface area contributed by atoms with Crippen molar-refractivity contribution in [1.82, 2.24) is 4.98 Å². The van der Waals surface area contributed by atoms with Crippen LogP contribution in [0.2, 0.25) is 0 Å². The summed E-state index contributed by atoms with van der Waals surface area (Å²) >= 11 is 4.73. The second kappa shape index (κ2) is 3.13. The molecule has 1 aromatic heterocycles. The molecule has 1 aromatic rings. The van der Waals surface area contributed by atoms with E-state index in [1.54, 1.807) is 0 Å². The molecule has 0 amide bonds. The fourth-order valence-electron chi connectivity index (χ4n) is 0.528. The van der Waals surface area contributed by atoms with E-state index in [0.29, 0.717) is 0 Å². The first kappa shape index (κ1) is 7.70. The van der Waals surface area contributed by atoms with Gasteiger partial charge in [0.2, 0.25) is 0 Å². The Kier molecular flexibility index (Phi) is 2.41. The Morgan fingerprint density at radius 1 is 1.90 bits per heavy atom. The second-order valence-electron chi connectivity index (χ2n) is 1.88. The Morgan fingerprint density at radius 3 is 3.00 bits per heavy atom. The van der Waals surface area contributed by atoms with Crippen LogP contribution in [-0.2, 0) is 0 Å². The lowest BCUT2D eigenvalue weighted by molar-refractivity contribution is 0.931. The van der Waals surface area contributed by atoms with Crippen LogP contribution < -0.4 is 0 Å². The van der Waals surface area contributed by atoms with E-state index in [1.807, 2.05) is 12.3 Å². The number of thiazole rings is 1. The Balaban J connectivity index is 2.87. The van der Waals surface area contributed by atoms with Gasteiger partial charge in [0.25, 0.3) is 0 Å². The van der Waals surface area contributed by atoms with Crippen molar-refractivity contribution in [2.24, 2.45) is 0 Å². The van der Waals surface area contributed by atoms with Crippen LogP contribution in [0.1, 0.15) is 18.5 Å². The molecule has 4 heteroatoms. The van der Waals surface area contributed by atoms with Gasteiger partial charge in [-0.15, -0.1) is 11.3 Å². The van der Waals surface area contributed by atoms with Gasteiger partial charge in [0, 0.05) is 5.38 Å². The van der Waals surface area contributed by atoms with Crippen LogP contribution >= 0.6 is 27.3 Å². The molecule has 0 aliphatic heterocycles. The molecule has 0 spiro atoms. The zero-order valence-corrected chi connectivity index (χ0v) is 7.74. The van der Waals surface area contributed by atoms with Crippen molar-refractivity contribution in [2.45, 2.75) is 12.8 Å². The highest BCUT2D eigenvalue weighted by Gasteiger charge is 2.06. The summed E-state index contributed by atoms with van der Waals surface area (Å²) in [4.78, 5) is 4.09. The summed E-state index contributed by atoms with van der Waals surface area (Å²) in [6.07, 6.45) is 0. The molecule has 0 aliphatic rings. The van der Waals surface area contributed by atoms with Gasteiger partial charge in [-0.1, -0.05) is 0 Å². The summed E-state index contributed by atoms with van der Waals surface area (Å²) in [7, 11) is 0. The van der Waals surface area contributed by atoms with Crippen molar-refractivity contribution in [3.8, 4) is 6.07 Å². The number of nitrogens with zero attached hydrogens (tertiary/aromatic N) is 2. The molecule has 1 rings (SSSR count). The molecule has 0 fully saturated rings. The van der Waals surface area contributed by atoms with Gasteiger partial charge < -0.3 is 0 Å². The van der Waals surface area contributed by atoms with E-state index in [-0.39, 0.29) is 5.92 Å². The fourth-order valence-corrected chi connectivity index (χ4v) is 1.65. The van der Waals surface area contributed by atoms with Gasteiger partial charge in [-0.2, -0.15) is 5.26 Å². The Morgan fingerprint density at radius 2 is 2.60 bits per heavy atom. The number of aromatic nitrogens is 1. The van der Waals surface area contributed by atoms with Gasteiger partial charge in [-0.05, 0) is 22.9 Å². The predicted octanol–water partition coefficient (Wildman–Crippen LogP) is 2.53. The van der Waals surface area contributed by atoms with E-state index in [9.17, 15) is 0 Å². The van der Waals surface area contributed by atoms with Crippen LogP contribution in [0.3, 0.4) is 0 Å². The van der Waals surface area contributed by atoms with E-state index in [2.05, 4.69) is 27.0 Å². The van der Waals surface area contributed by atoms with Gasteiger partial charge in [0.15, 0.2) is 3.92 Å². The molecule has 0 aliphatic carbocycles. The fraction of sp³-hybridized carbons (Fsp3) is 0.333. The van der Waals surface area contributed by atoms with Gasteiger partial charge in [0.05, 0.1) is 17.7 Å². The van der Waals surface area contributed by atoms with Crippen molar-refractivity contribution >= 4 is 27.3 Å². The molecule has 2 nitrogen and oxygen atoms in total. The van der Waals surface area contributed by atoms with E-state index in [1.165, 1.54) is 11.3 Å². The van der Waals surface area contributed by atoms with Gasteiger partial charge in [-0.3, -0.25) is 0 Å². The molecule has 0 N–H and O–H groups in total. The first-order chi connectivity index (χ1) is 4.74. The molecule has 0 saturated heterocycles. The number of hydrogen-bond acceptors (Lipinski definition) is 3. The third-order valence-corrected chi connectivity index (χ3v) is 2.51. The first-order valence-corrected chi connectivity index (χ1v) is 4.42. The lowest BCUT2D eigenvalue weighted by Gasteiger charge is -1.91. The Bertz CT molecular complexity index is 263. The summed E-state index contributed by atoms with van der Waals surface area (Å²) in [5.41, 5.74) is 0.847. The number of nitriles is 1.